The van der Waals surface area contributed by atoms with Gasteiger partial charge in [-0.3, -0.25) is 0 Å². The first-order chi connectivity index (χ1) is 8.22. The monoisotopic (exact) mass is 253 g/mol. The smallest absolute Gasteiger partial charge is 0.225 e. The first kappa shape index (κ1) is 12.5. The van der Waals surface area contributed by atoms with Crippen LogP contribution in [0.3, 0.4) is 0 Å². The summed E-state index contributed by atoms with van der Waals surface area (Å²) in [6.45, 7) is 5.78. The second-order valence-corrected chi connectivity index (χ2v) is 6.09. The Morgan fingerprint density at radius 1 is 1.59 bits per heavy atom. The van der Waals surface area contributed by atoms with Crippen LogP contribution in [0.25, 0.3) is 0 Å². The van der Waals surface area contributed by atoms with E-state index in [0.29, 0.717) is 23.2 Å². The number of rotatable bonds is 5. The first-order valence-electron chi connectivity index (χ1n) is 6.05. The van der Waals surface area contributed by atoms with Gasteiger partial charge in [-0.15, -0.1) is 0 Å². The highest BCUT2D eigenvalue weighted by Gasteiger charge is 2.29. The number of nitrogens with one attached hydrogen (secondary N) is 1. The normalized spacial score (nSPS) is 23.6. The number of ether oxygens (including phenoxy) is 1. The molecule has 1 saturated heterocycles. The molecule has 1 atom stereocenters. The third-order valence-corrected chi connectivity index (χ3v) is 4.38. The molecule has 4 nitrogen and oxygen atoms in total. The summed E-state index contributed by atoms with van der Waals surface area (Å²) in [6, 6.07) is 1.78. The lowest BCUT2D eigenvalue weighted by Crippen LogP contribution is -2.27. The van der Waals surface area contributed by atoms with E-state index in [1.54, 1.807) is 12.3 Å². The summed E-state index contributed by atoms with van der Waals surface area (Å²) in [5.41, 5.74) is 0. The molecule has 0 aliphatic carbocycles. The van der Waals surface area contributed by atoms with Crippen molar-refractivity contribution in [1.82, 2.24) is 9.97 Å². The highest BCUT2D eigenvalue weighted by atomic mass is 32.2. The van der Waals surface area contributed by atoms with Crippen LogP contribution in [-0.4, -0.2) is 33.6 Å². The predicted octanol–water partition coefficient (Wildman–Crippen LogP) is 2.57. The minimum atomic E-state index is 0.324. The topological polar surface area (TPSA) is 47.0 Å². The maximum absolute atomic E-state index is 5.35. The lowest BCUT2D eigenvalue weighted by molar-refractivity contribution is 0.326. The molecule has 0 amide bonds. The van der Waals surface area contributed by atoms with Crippen LogP contribution >= 0.6 is 11.8 Å². The average molecular weight is 253 g/mol. The van der Waals surface area contributed by atoms with Gasteiger partial charge in [0.15, 0.2) is 0 Å². The van der Waals surface area contributed by atoms with Crippen molar-refractivity contribution in [3.05, 3.63) is 12.3 Å². The maximum Gasteiger partial charge on any atom is 0.225 e. The summed E-state index contributed by atoms with van der Waals surface area (Å²) < 4.78 is 5.67. The highest BCUT2D eigenvalue weighted by molar-refractivity contribution is 8.00. The zero-order valence-corrected chi connectivity index (χ0v) is 11.2. The van der Waals surface area contributed by atoms with Crippen molar-refractivity contribution in [3.63, 3.8) is 0 Å². The van der Waals surface area contributed by atoms with Crippen LogP contribution in [0, 0.1) is 0 Å². The number of aromatic nitrogens is 2. The Kier molecular flexibility index (Phi) is 4.10. The van der Waals surface area contributed by atoms with Crippen LogP contribution in [0.15, 0.2) is 12.3 Å². The molecule has 1 aliphatic heterocycles. The maximum atomic E-state index is 5.35. The zero-order valence-electron chi connectivity index (χ0n) is 10.4. The van der Waals surface area contributed by atoms with Gasteiger partial charge in [-0.1, -0.05) is 0 Å². The van der Waals surface area contributed by atoms with Gasteiger partial charge >= 0.3 is 0 Å². The van der Waals surface area contributed by atoms with E-state index < -0.39 is 0 Å². The molecule has 1 aromatic heterocycles. The molecule has 1 N–H and O–H groups in total. The van der Waals surface area contributed by atoms with E-state index in [4.69, 9.17) is 4.74 Å². The van der Waals surface area contributed by atoms with E-state index in [2.05, 4.69) is 22.2 Å². The molecule has 0 saturated carbocycles. The number of thioether (sulfide) groups is 1. The van der Waals surface area contributed by atoms with Crippen LogP contribution in [0.5, 0.6) is 5.88 Å². The zero-order chi connectivity index (χ0) is 12.1. The Morgan fingerprint density at radius 3 is 3.18 bits per heavy atom. The third kappa shape index (κ3) is 3.49. The van der Waals surface area contributed by atoms with Crippen molar-refractivity contribution < 1.29 is 4.74 Å². The summed E-state index contributed by atoms with van der Waals surface area (Å²) in [7, 11) is 0. The molecule has 1 aliphatic rings. The predicted molar refractivity (Wildman–Crippen MR) is 71.8 cm³/mol. The summed E-state index contributed by atoms with van der Waals surface area (Å²) in [5.74, 6) is 2.55. The molecule has 0 bridgehead atoms. The molecular weight excluding hydrogens is 234 g/mol. The second-order valence-electron chi connectivity index (χ2n) is 4.41. The highest BCUT2D eigenvalue weighted by Crippen LogP contribution is 2.37. The van der Waals surface area contributed by atoms with E-state index >= 15 is 0 Å². The molecule has 94 valence electrons. The average Bonchev–Trinajstić information content (AvgIpc) is 2.76. The van der Waals surface area contributed by atoms with Gasteiger partial charge in [0.25, 0.3) is 0 Å². The van der Waals surface area contributed by atoms with Crippen molar-refractivity contribution in [1.29, 1.82) is 0 Å². The Morgan fingerprint density at radius 2 is 2.47 bits per heavy atom. The molecule has 17 heavy (non-hydrogen) atoms. The summed E-state index contributed by atoms with van der Waals surface area (Å²) in [4.78, 5) is 8.50. The van der Waals surface area contributed by atoms with Crippen LogP contribution in [0.4, 0.5) is 5.95 Å². The van der Waals surface area contributed by atoms with Gasteiger partial charge < -0.3 is 10.1 Å². The van der Waals surface area contributed by atoms with E-state index in [9.17, 15) is 0 Å². The molecule has 2 heterocycles. The van der Waals surface area contributed by atoms with Crippen molar-refractivity contribution in [3.8, 4) is 5.88 Å². The molecule has 0 spiro atoms. The lowest BCUT2D eigenvalue weighted by atomic mass is 10.1. The number of nitrogens with zero attached hydrogens (tertiary/aromatic N) is 2. The van der Waals surface area contributed by atoms with E-state index in [1.165, 1.54) is 18.6 Å². The Labute approximate surface area is 107 Å². The van der Waals surface area contributed by atoms with Crippen molar-refractivity contribution in [2.24, 2.45) is 0 Å². The van der Waals surface area contributed by atoms with Gasteiger partial charge in [0.2, 0.25) is 11.8 Å². The van der Waals surface area contributed by atoms with Gasteiger partial charge in [0.1, 0.15) is 0 Å². The van der Waals surface area contributed by atoms with Crippen molar-refractivity contribution >= 4 is 17.7 Å². The fourth-order valence-electron chi connectivity index (χ4n) is 1.90. The van der Waals surface area contributed by atoms with Crippen molar-refractivity contribution in [2.45, 2.75) is 31.4 Å². The number of hydrogen-bond acceptors (Lipinski definition) is 5. The van der Waals surface area contributed by atoms with E-state index in [-0.39, 0.29) is 0 Å². The second kappa shape index (κ2) is 5.58. The van der Waals surface area contributed by atoms with Gasteiger partial charge in [-0.25, -0.2) is 4.98 Å². The fourth-order valence-corrected chi connectivity index (χ4v) is 3.14. The van der Waals surface area contributed by atoms with Crippen LogP contribution in [0.1, 0.15) is 26.7 Å². The lowest BCUT2D eigenvalue weighted by Gasteiger charge is -2.22. The molecule has 2 rings (SSSR count). The molecule has 0 aromatic carbocycles. The molecule has 5 heteroatoms. The minimum Gasteiger partial charge on any atom is -0.478 e. The minimum absolute atomic E-state index is 0.324. The standard InChI is InChI=1S/C12H19N3OS/c1-3-16-10-5-7-13-11(15-10)14-9-12(2)6-4-8-17-12/h5,7H,3-4,6,8-9H2,1-2H3,(H,13,14,15). The van der Waals surface area contributed by atoms with E-state index in [1.807, 2.05) is 18.7 Å². The summed E-state index contributed by atoms with van der Waals surface area (Å²) in [6.07, 6.45) is 4.29. The van der Waals surface area contributed by atoms with Crippen LogP contribution in [0.2, 0.25) is 0 Å². The Hall–Kier alpha value is -0.970. The fraction of sp³-hybridized carbons (Fsp3) is 0.667. The van der Waals surface area contributed by atoms with Gasteiger partial charge in [0, 0.05) is 23.6 Å². The Balaban J connectivity index is 1.91. The quantitative estimate of drug-likeness (QED) is 0.874. The third-order valence-electron chi connectivity index (χ3n) is 2.84. The molecule has 0 radical (unpaired) electrons. The molecule has 1 unspecified atom stereocenters. The molecule has 1 fully saturated rings. The van der Waals surface area contributed by atoms with E-state index in [0.717, 1.165) is 6.54 Å². The summed E-state index contributed by atoms with van der Waals surface area (Å²) >= 11 is 2.03. The first-order valence-corrected chi connectivity index (χ1v) is 7.04. The van der Waals surface area contributed by atoms with Crippen LogP contribution < -0.4 is 10.1 Å². The van der Waals surface area contributed by atoms with Gasteiger partial charge in [-0.2, -0.15) is 16.7 Å². The molecule has 1 aromatic rings. The van der Waals surface area contributed by atoms with Gasteiger partial charge in [-0.05, 0) is 32.4 Å². The largest absolute Gasteiger partial charge is 0.478 e. The number of anilines is 1. The van der Waals surface area contributed by atoms with Crippen molar-refractivity contribution in [2.75, 3.05) is 24.2 Å². The SMILES string of the molecule is CCOc1ccnc(NCC2(C)CCCS2)n1. The number of hydrogen-bond donors (Lipinski definition) is 1. The van der Waals surface area contributed by atoms with Crippen LogP contribution in [-0.2, 0) is 0 Å². The Bertz CT molecular complexity index is 367. The summed E-state index contributed by atoms with van der Waals surface area (Å²) in [5, 5.41) is 3.30. The van der Waals surface area contributed by atoms with Gasteiger partial charge in [0.05, 0.1) is 6.61 Å². The molecular formula is C12H19N3OS.